The summed E-state index contributed by atoms with van der Waals surface area (Å²) >= 11 is 0. The van der Waals surface area contributed by atoms with E-state index in [2.05, 4.69) is 29.1 Å². The highest BCUT2D eigenvalue weighted by Gasteiger charge is 2.14. The summed E-state index contributed by atoms with van der Waals surface area (Å²) in [6.45, 7) is 4.98. The predicted octanol–water partition coefficient (Wildman–Crippen LogP) is 4.35. The van der Waals surface area contributed by atoms with Gasteiger partial charge in [0.05, 0.1) is 6.61 Å². The third-order valence-electron chi connectivity index (χ3n) is 3.88. The summed E-state index contributed by atoms with van der Waals surface area (Å²) in [6, 6.07) is 2.51. The molecule has 1 fully saturated rings. The molecule has 1 aromatic rings. The standard InChI is InChI=1S/C17H29N3O/c1-3-9-15-19-16(13-17(20-15)21-12-4-2)18-14-10-7-5-6-8-11-14/h13-14H,3-12H2,1-2H3,(H,18,19,20). The first-order valence-electron chi connectivity index (χ1n) is 8.59. The number of aromatic nitrogens is 2. The minimum atomic E-state index is 0.552. The topological polar surface area (TPSA) is 47.0 Å². The summed E-state index contributed by atoms with van der Waals surface area (Å²) in [4.78, 5) is 9.15. The second-order valence-electron chi connectivity index (χ2n) is 5.94. The normalized spacial score (nSPS) is 16.5. The van der Waals surface area contributed by atoms with Gasteiger partial charge in [0.2, 0.25) is 5.88 Å². The van der Waals surface area contributed by atoms with Crippen LogP contribution in [0.2, 0.25) is 0 Å². The van der Waals surface area contributed by atoms with Crippen LogP contribution < -0.4 is 10.1 Å². The van der Waals surface area contributed by atoms with Crippen LogP contribution in [0.25, 0.3) is 0 Å². The van der Waals surface area contributed by atoms with Crippen LogP contribution in [0.5, 0.6) is 5.88 Å². The number of nitrogens with zero attached hydrogens (tertiary/aromatic N) is 2. The summed E-state index contributed by atoms with van der Waals surface area (Å²) in [5.41, 5.74) is 0. The summed E-state index contributed by atoms with van der Waals surface area (Å²) in [5.74, 6) is 2.54. The molecule has 0 unspecified atom stereocenters. The number of hydrogen-bond donors (Lipinski definition) is 1. The van der Waals surface area contributed by atoms with Gasteiger partial charge in [0.25, 0.3) is 0 Å². The molecule has 1 saturated carbocycles. The second kappa shape index (κ2) is 8.85. The minimum absolute atomic E-state index is 0.552. The van der Waals surface area contributed by atoms with Crippen molar-refractivity contribution in [2.75, 3.05) is 11.9 Å². The lowest BCUT2D eigenvalue weighted by Crippen LogP contribution is -2.19. The maximum Gasteiger partial charge on any atom is 0.218 e. The van der Waals surface area contributed by atoms with E-state index < -0.39 is 0 Å². The third-order valence-corrected chi connectivity index (χ3v) is 3.88. The van der Waals surface area contributed by atoms with E-state index >= 15 is 0 Å². The summed E-state index contributed by atoms with van der Waals surface area (Å²) in [5, 5.41) is 3.61. The van der Waals surface area contributed by atoms with Gasteiger partial charge in [-0.2, -0.15) is 4.98 Å². The molecule has 0 atom stereocenters. The van der Waals surface area contributed by atoms with Crippen LogP contribution in [-0.2, 0) is 6.42 Å². The molecule has 1 N–H and O–H groups in total. The quantitative estimate of drug-likeness (QED) is 0.759. The molecule has 0 aliphatic heterocycles. The van der Waals surface area contributed by atoms with E-state index in [0.29, 0.717) is 18.5 Å². The molecule has 0 saturated heterocycles. The third kappa shape index (κ3) is 5.52. The fraction of sp³-hybridized carbons (Fsp3) is 0.765. The molecule has 2 rings (SSSR count). The monoisotopic (exact) mass is 291 g/mol. The van der Waals surface area contributed by atoms with Gasteiger partial charge in [0.15, 0.2) is 0 Å². The number of anilines is 1. The van der Waals surface area contributed by atoms with Gasteiger partial charge in [-0.3, -0.25) is 0 Å². The number of nitrogens with one attached hydrogen (secondary N) is 1. The van der Waals surface area contributed by atoms with Gasteiger partial charge in [0.1, 0.15) is 11.6 Å². The zero-order chi connectivity index (χ0) is 14.9. The van der Waals surface area contributed by atoms with E-state index in [9.17, 15) is 0 Å². The maximum absolute atomic E-state index is 5.71. The van der Waals surface area contributed by atoms with Gasteiger partial charge in [-0.1, -0.05) is 39.5 Å². The van der Waals surface area contributed by atoms with Crippen LogP contribution >= 0.6 is 0 Å². The Balaban J connectivity index is 2.06. The lowest BCUT2D eigenvalue weighted by atomic mass is 10.1. The smallest absolute Gasteiger partial charge is 0.218 e. The van der Waals surface area contributed by atoms with E-state index in [0.717, 1.165) is 30.9 Å². The van der Waals surface area contributed by atoms with Crippen molar-refractivity contribution < 1.29 is 4.74 Å². The Morgan fingerprint density at radius 1 is 1.10 bits per heavy atom. The van der Waals surface area contributed by atoms with Crippen molar-refractivity contribution in [3.63, 3.8) is 0 Å². The van der Waals surface area contributed by atoms with E-state index in [1.807, 2.05) is 6.07 Å². The molecule has 4 nitrogen and oxygen atoms in total. The fourth-order valence-electron chi connectivity index (χ4n) is 2.80. The predicted molar refractivity (Wildman–Crippen MR) is 86.9 cm³/mol. The number of rotatable bonds is 7. The average Bonchev–Trinajstić information content (AvgIpc) is 2.74. The van der Waals surface area contributed by atoms with Gasteiger partial charge in [-0.05, 0) is 25.7 Å². The molecule has 0 bridgehead atoms. The van der Waals surface area contributed by atoms with Crippen LogP contribution in [0.15, 0.2) is 6.07 Å². The Labute approximate surface area is 128 Å². The first-order valence-corrected chi connectivity index (χ1v) is 8.59. The first-order chi connectivity index (χ1) is 10.3. The van der Waals surface area contributed by atoms with Crippen molar-refractivity contribution in [2.45, 2.75) is 77.7 Å². The highest BCUT2D eigenvalue weighted by molar-refractivity contribution is 5.39. The van der Waals surface area contributed by atoms with Crippen molar-refractivity contribution in [2.24, 2.45) is 0 Å². The van der Waals surface area contributed by atoms with Gasteiger partial charge >= 0.3 is 0 Å². The van der Waals surface area contributed by atoms with Crippen LogP contribution in [0.1, 0.15) is 71.0 Å². The SMILES string of the molecule is CCCOc1cc(NC2CCCCCC2)nc(CCC)n1. The Bertz CT molecular complexity index is 414. The average molecular weight is 291 g/mol. The zero-order valence-corrected chi connectivity index (χ0v) is 13.5. The van der Waals surface area contributed by atoms with E-state index in [4.69, 9.17) is 4.74 Å². The Hall–Kier alpha value is -1.32. The lowest BCUT2D eigenvalue weighted by Gasteiger charge is -2.18. The largest absolute Gasteiger partial charge is 0.478 e. The van der Waals surface area contributed by atoms with Crippen LogP contribution in [0.4, 0.5) is 5.82 Å². The molecule has 1 aliphatic rings. The minimum Gasteiger partial charge on any atom is -0.478 e. The van der Waals surface area contributed by atoms with Gasteiger partial charge in [-0.25, -0.2) is 4.98 Å². The van der Waals surface area contributed by atoms with Crippen LogP contribution in [0.3, 0.4) is 0 Å². The summed E-state index contributed by atoms with van der Waals surface area (Å²) in [7, 11) is 0. The highest BCUT2D eigenvalue weighted by atomic mass is 16.5. The van der Waals surface area contributed by atoms with Crippen LogP contribution in [-0.4, -0.2) is 22.6 Å². The Morgan fingerprint density at radius 3 is 2.52 bits per heavy atom. The van der Waals surface area contributed by atoms with Crippen molar-refractivity contribution >= 4 is 5.82 Å². The second-order valence-corrected chi connectivity index (χ2v) is 5.94. The van der Waals surface area contributed by atoms with E-state index in [-0.39, 0.29) is 0 Å². The molecule has 1 aromatic heterocycles. The molecule has 4 heteroatoms. The molecule has 1 heterocycles. The molecule has 118 valence electrons. The summed E-state index contributed by atoms with van der Waals surface area (Å²) < 4.78 is 5.71. The summed E-state index contributed by atoms with van der Waals surface area (Å²) in [6.07, 6.45) is 10.8. The fourth-order valence-corrected chi connectivity index (χ4v) is 2.80. The van der Waals surface area contributed by atoms with Gasteiger partial charge in [-0.15, -0.1) is 0 Å². The molecule has 0 aromatic carbocycles. The Kier molecular flexibility index (Phi) is 6.77. The van der Waals surface area contributed by atoms with Gasteiger partial charge in [0, 0.05) is 18.5 Å². The van der Waals surface area contributed by atoms with Crippen molar-refractivity contribution in [1.29, 1.82) is 0 Å². The molecule has 0 spiro atoms. The maximum atomic E-state index is 5.71. The lowest BCUT2D eigenvalue weighted by molar-refractivity contribution is 0.303. The molecule has 0 amide bonds. The molecule has 0 radical (unpaired) electrons. The van der Waals surface area contributed by atoms with Crippen molar-refractivity contribution in [3.8, 4) is 5.88 Å². The number of ether oxygens (including phenoxy) is 1. The van der Waals surface area contributed by atoms with Crippen molar-refractivity contribution in [1.82, 2.24) is 9.97 Å². The van der Waals surface area contributed by atoms with E-state index in [1.165, 1.54) is 38.5 Å². The number of hydrogen-bond acceptors (Lipinski definition) is 4. The Morgan fingerprint density at radius 2 is 1.86 bits per heavy atom. The molecular formula is C17H29N3O. The first kappa shape index (κ1) is 16.1. The molecular weight excluding hydrogens is 262 g/mol. The molecule has 21 heavy (non-hydrogen) atoms. The zero-order valence-electron chi connectivity index (χ0n) is 13.5. The highest BCUT2D eigenvalue weighted by Crippen LogP contribution is 2.22. The van der Waals surface area contributed by atoms with Crippen LogP contribution in [0, 0.1) is 0 Å². The molecule has 1 aliphatic carbocycles. The number of aryl methyl sites for hydroxylation is 1. The van der Waals surface area contributed by atoms with E-state index in [1.54, 1.807) is 0 Å². The van der Waals surface area contributed by atoms with Crippen molar-refractivity contribution in [3.05, 3.63) is 11.9 Å². The van der Waals surface area contributed by atoms with Gasteiger partial charge < -0.3 is 10.1 Å².